The molecule has 114 valence electrons. The lowest BCUT2D eigenvalue weighted by Gasteiger charge is -2.10. The van der Waals surface area contributed by atoms with Crippen molar-refractivity contribution in [1.29, 1.82) is 0 Å². The molecule has 5 heteroatoms. The average molecular weight is 300 g/mol. The summed E-state index contributed by atoms with van der Waals surface area (Å²) in [6.07, 6.45) is 0.655. The molecule has 0 N–H and O–H groups in total. The fourth-order valence-electron chi connectivity index (χ4n) is 1.78. The van der Waals surface area contributed by atoms with Gasteiger partial charge >= 0.3 is 5.97 Å². The molecule has 0 saturated heterocycles. The van der Waals surface area contributed by atoms with Crippen LogP contribution in [0.1, 0.15) is 15.9 Å². The highest BCUT2D eigenvalue weighted by Crippen LogP contribution is 2.23. The Balaban J connectivity index is 2.02. The molecule has 5 nitrogen and oxygen atoms in total. The van der Waals surface area contributed by atoms with E-state index in [2.05, 4.69) is 4.74 Å². The molecule has 0 atom stereocenters. The maximum atomic E-state index is 11.1. The molecule has 0 heterocycles. The Morgan fingerprint density at radius 2 is 1.86 bits per heavy atom. The van der Waals surface area contributed by atoms with Crippen LogP contribution in [0.3, 0.4) is 0 Å². The third-order valence-electron chi connectivity index (χ3n) is 2.93. The lowest BCUT2D eigenvalue weighted by atomic mass is 10.2. The normalized spacial score (nSPS) is 9.86. The summed E-state index contributed by atoms with van der Waals surface area (Å²) in [5, 5.41) is 0. The highest BCUT2D eigenvalue weighted by molar-refractivity contribution is 5.80. The van der Waals surface area contributed by atoms with Gasteiger partial charge in [0.1, 0.15) is 18.1 Å². The van der Waals surface area contributed by atoms with Crippen LogP contribution in [0, 0.1) is 0 Å². The molecule has 0 aliphatic carbocycles. The van der Waals surface area contributed by atoms with E-state index in [1.54, 1.807) is 18.2 Å². The van der Waals surface area contributed by atoms with Crippen molar-refractivity contribution in [2.45, 2.75) is 6.61 Å². The van der Waals surface area contributed by atoms with Crippen molar-refractivity contribution in [2.24, 2.45) is 0 Å². The molecule has 0 aliphatic rings. The number of methoxy groups -OCH3 is 1. The average Bonchev–Trinajstić information content (AvgIpc) is 2.58. The molecule has 0 spiro atoms. The van der Waals surface area contributed by atoms with Gasteiger partial charge in [-0.1, -0.05) is 30.3 Å². The minimum atomic E-state index is -0.513. The van der Waals surface area contributed by atoms with Gasteiger partial charge in [0.05, 0.1) is 12.7 Å². The van der Waals surface area contributed by atoms with Crippen LogP contribution in [0.2, 0.25) is 0 Å². The van der Waals surface area contributed by atoms with Gasteiger partial charge in [-0.3, -0.25) is 4.79 Å². The fourth-order valence-corrected chi connectivity index (χ4v) is 1.78. The number of carbonyl (C=O) groups excluding carboxylic acids is 2. The quantitative estimate of drug-likeness (QED) is 0.581. The second kappa shape index (κ2) is 7.83. The van der Waals surface area contributed by atoms with Crippen molar-refractivity contribution in [2.75, 3.05) is 13.7 Å². The van der Waals surface area contributed by atoms with E-state index in [9.17, 15) is 9.59 Å². The second-order valence-electron chi connectivity index (χ2n) is 4.46. The largest absolute Gasteiger partial charge is 0.489 e. The predicted octanol–water partition coefficient (Wildman–Crippen LogP) is 2.63. The summed E-state index contributed by atoms with van der Waals surface area (Å²) in [6.45, 7) is 0.156. The maximum absolute atomic E-state index is 11.1. The van der Waals surface area contributed by atoms with E-state index in [-0.39, 0.29) is 6.61 Å². The molecule has 2 rings (SSSR count). The van der Waals surface area contributed by atoms with E-state index in [1.165, 1.54) is 7.11 Å². The van der Waals surface area contributed by atoms with Crippen LogP contribution in [0.25, 0.3) is 0 Å². The van der Waals surface area contributed by atoms with Gasteiger partial charge in [-0.05, 0) is 23.8 Å². The Kier molecular flexibility index (Phi) is 5.54. The van der Waals surface area contributed by atoms with Crippen molar-refractivity contribution in [1.82, 2.24) is 0 Å². The summed E-state index contributed by atoms with van der Waals surface area (Å²) >= 11 is 0. The zero-order valence-corrected chi connectivity index (χ0v) is 12.2. The van der Waals surface area contributed by atoms with Crippen LogP contribution in [0.4, 0.5) is 0 Å². The van der Waals surface area contributed by atoms with Crippen LogP contribution in [-0.4, -0.2) is 26.0 Å². The first kappa shape index (κ1) is 15.6. The number of hydrogen-bond acceptors (Lipinski definition) is 5. The van der Waals surface area contributed by atoms with E-state index >= 15 is 0 Å². The van der Waals surface area contributed by atoms with Gasteiger partial charge in [0.2, 0.25) is 0 Å². The number of hydrogen-bond donors (Lipinski definition) is 0. The van der Waals surface area contributed by atoms with Crippen molar-refractivity contribution in [3.05, 3.63) is 59.7 Å². The number of carbonyl (C=O) groups is 2. The Hall–Kier alpha value is -2.82. The van der Waals surface area contributed by atoms with Crippen LogP contribution in [0.5, 0.6) is 11.5 Å². The lowest BCUT2D eigenvalue weighted by molar-refractivity contribution is -0.142. The predicted molar refractivity (Wildman–Crippen MR) is 80.1 cm³/mol. The number of esters is 1. The van der Waals surface area contributed by atoms with Crippen molar-refractivity contribution in [3.63, 3.8) is 0 Å². The van der Waals surface area contributed by atoms with E-state index in [0.29, 0.717) is 30.0 Å². The molecule has 0 amide bonds. The number of aldehydes is 1. The van der Waals surface area contributed by atoms with Crippen LogP contribution in [-0.2, 0) is 16.1 Å². The SMILES string of the molecule is COC(=O)COc1ccc(OCc2ccccc2)cc1C=O. The van der Waals surface area contributed by atoms with Crippen molar-refractivity contribution >= 4 is 12.3 Å². The first-order chi connectivity index (χ1) is 10.7. The molecular formula is C17H16O5. The molecule has 0 radical (unpaired) electrons. The summed E-state index contributed by atoms with van der Waals surface area (Å²) in [5.74, 6) is 0.352. The number of rotatable bonds is 7. The van der Waals surface area contributed by atoms with Crippen LogP contribution < -0.4 is 9.47 Å². The third-order valence-corrected chi connectivity index (χ3v) is 2.93. The minimum Gasteiger partial charge on any atom is -0.489 e. The zero-order valence-electron chi connectivity index (χ0n) is 12.2. The summed E-state index contributed by atoms with van der Waals surface area (Å²) in [4.78, 5) is 22.2. The summed E-state index contributed by atoms with van der Waals surface area (Å²) in [6, 6.07) is 14.5. The molecule has 2 aromatic carbocycles. The third kappa shape index (κ3) is 4.34. The first-order valence-corrected chi connectivity index (χ1v) is 6.68. The Labute approximate surface area is 128 Å². The summed E-state index contributed by atoms with van der Waals surface area (Å²) in [5.41, 5.74) is 1.34. The van der Waals surface area contributed by atoms with Gasteiger partial charge in [-0.25, -0.2) is 4.79 Å². The van der Waals surface area contributed by atoms with Gasteiger partial charge in [0.25, 0.3) is 0 Å². The molecule has 0 aromatic heterocycles. The monoisotopic (exact) mass is 300 g/mol. The van der Waals surface area contributed by atoms with E-state index in [1.807, 2.05) is 30.3 Å². The highest BCUT2D eigenvalue weighted by atomic mass is 16.6. The lowest BCUT2D eigenvalue weighted by Crippen LogP contribution is -2.13. The molecule has 2 aromatic rings. The summed E-state index contributed by atoms with van der Waals surface area (Å²) in [7, 11) is 1.27. The Bertz CT molecular complexity index is 637. The van der Waals surface area contributed by atoms with Gasteiger partial charge in [0, 0.05) is 0 Å². The van der Waals surface area contributed by atoms with Gasteiger partial charge in [-0.2, -0.15) is 0 Å². The molecule has 22 heavy (non-hydrogen) atoms. The topological polar surface area (TPSA) is 61.8 Å². The standard InChI is InChI=1S/C17H16O5/c1-20-17(19)12-22-16-8-7-15(9-14(16)10-18)21-11-13-5-3-2-4-6-13/h2-10H,11-12H2,1H3. The summed E-state index contributed by atoms with van der Waals surface area (Å²) < 4.78 is 15.3. The van der Waals surface area contributed by atoms with Crippen molar-refractivity contribution in [3.8, 4) is 11.5 Å². The fraction of sp³-hybridized carbons (Fsp3) is 0.176. The number of benzene rings is 2. The maximum Gasteiger partial charge on any atom is 0.343 e. The molecule has 0 aliphatic heterocycles. The number of ether oxygens (including phenoxy) is 3. The molecule has 0 unspecified atom stereocenters. The smallest absolute Gasteiger partial charge is 0.343 e. The Morgan fingerprint density at radius 3 is 2.55 bits per heavy atom. The van der Waals surface area contributed by atoms with E-state index < -0.39 is 5.97 Å². The molecule has 0 fully saturated rings. The van der Waals surface area contributed by atoms with Crippen molar-refractivity contribution < 1.29 is 23.8 Å². The van der Waals surface area contributed by atoms with Gasteiger partial charge in [-0.15, -0.1) is 0 Å². The molecule has 0 bridgehead atoms. The zero-order chi connectivity index (χ0) is 15.8. The van der Waals surface area contributed by atoms with Crippen LogP contribution in [0.15, 0.2) is 48.5 Å². The Morgan fingerprint density at radius 1 is 1.09 bits per heavy atom. The van der Waals surface area contributed by atoms with Gasteiger partial charge < -0.3 is 14.2 Å². The highest BCUT2D eigenvalue weighted by Gasteiger charge is 2.08. The molecule has 0 saturated carbocycles. The van der Waals surface area contributed by atoms with E-state index in [0.717, 1.165) is 5.56 Å². The van der Waals surface area contributed by atoms with E-state index in [4.69, 9.17) is 9.47 Å². The second-order valence-corrected chi connectivity index (χ2v) is 4.46. The van der Waals surface area contributed by atoms with Crippen LogP contribution >= 0.6 is 0 Å². The van der Waals surface area contributed by atoms with Gasteiger partial charge in [0.15, 0.2) is 12.9 Å². The first-order valence-electron chi connectivity index (χ1n) is 6.68. The minimum absolute atomic E-state index is 0.248. The molecular weight excluding hydrogens is 284 g/mol.